The number of carbonyl (C=O) groups is 1. The van der Waals surface area contributed by atoms with Gasteiger partial charge in [0.2, 0.25) is 0 Å². The van der Waals surface area contributed by atoms with Crippen molar-refractivity contribution in [2.75, 3.05) is 20.6 Å². The number of alkyl halides is 3. The van der Waals surface area contributed by atoms with Crippen molar-refractivity contribution in [2.24, 2.45) is 0 Å². The molecule has 2 rings (SSSR count). The van der Waals surface area contributed by atoms with Crippen molar-refractivity contribution in [3.8, 4) is 5.75 Å². The van der Waals surface area contributed by atoms with Crippen LogP contribution in [-0.2, 0) is 0 Å². The Morgan fingerprint density at radius 3 is 2.20 bits per heavy atom. The molecule has 0 saturated heterocycles. The highest BCUT2D eigenvalue weighted by atomic mass is 19.4. The summed E-state index contributed by atoms with van der Waals surface area (Å²) < 4.78 is 40.2. The number of ether oxygens (including phenoxy) is 1. The normalized spacial score (nSPS) is 12.7. The van der Waals surface area contributed by atoms with Crippen LogP contribution in [0.15, 0.2) is 54.6 Å². The van der Waals surface area contributed by atoms with Gasteiger partial charge in [-0.15, -0.1) is 13.2 Å². The van der Waals surface area contributed by atoms with Gasteiger partial charge in [-0.3, -0.25) is 4.79 Å². The predicted octanol–water partition coefficient (Wildman–Crippen LogP) is 3.62. The maximum Gasteiger partial charge on any atom is 0.573 e. The number of hydrogen-bond acceptors (Lipinski definition) is 3. The van der Waals surface area contributed by atoms with Crippen LogP contribution in [0.2, 0.25) is 0 Å². The van der Waals surface area contributed by atoms with E-state index in [1.54, 1.807) is 0 Å². The Hall–Kier alpha value is -2.54. The molecular weight excluding hydrogens is 333 g/mol. The van der Waals surface area contributed by atoms with Crippen molar-refractivity contribution in [2.45, 2.75) is 12.4 Å². The molecule has 0 aromatic heterocycles. The highest BCUT2D eigenvalue weighted by Gasteiger charge is 2.31. The van der Waals surface area contributed by atoms with Crippen molar-refractivity contribution < 1.29 is 22.7 Å². The second-order valence-corrected chi connectivity index (χ2v) is 5.67. The Morgan fingerprint density at radius 2 is 1.68 bits per heavy atom. The van der Waals surface area contributed by atoms with E-state index in [1.807, 2.05) is 49.3 Å². The van der Waals surface area contributed by atoms with Crippen LogP contribution in [-0.4, -0.2) is 37.8 Å². The van der Waals surface area contributed by atoms with E-state index in [0.717, 1.165) is 17.7 Å². The van der Waals surface area contributed by atoms with Gasteiger partial charge in [-0.2, -0.15) is 0 Å². The van der Waals surface area contributed by atoms with Crippen molar-refractivity contribution in [3.63, 3.8) is 0 Å². The molecule has 1 amide bonds. The summed E-state index contributed by atoms with van der Waals surface area (Å²) in [6.07, 6.45) is -4.75. The number of carbonyl (C=O) groups excluding carboxylic acids is 1. The third-order valence-corrected chi connectivity index (χ3v) is 3.61. The molecule has 1 unspecified atom stereocenters. The number of nitrogens with zero attached hydrogens (tertiary/aromatic N) is 1. The average molecular weight is 352 g/mol. The maximum atomic E-state index is 12.2. The van der Waals surface area contributed by atoms with E-state index in [9.17, 15) is 18.0 Å². The van der Waals surface area contributed by atoms with Gasteiger partial charge in [0.05, 0.1) is 6.04 Å². The first kappa shape index (κ1) is 18.8. The first-order valence-electron chi connectivity index (χ1n) is 7.61. The quantitative estimate of drug-likeness (QED) is 0.863. The lowest BCUT2D eigenvalue weighted by Gasteiger charge is -2.25. The Labute approximate surface area is 144 Å². The maximum absolute atomic E-state index is 12.2. The lowest BCUT2D eigenvalue weighted by atomic mass is 10.1. The molecule has 7 heteroatoms. The van der Waals surface area contributed by atoms with Crippen LogP contribution in [0.4, 0.5) is 13.2 Å². The molecule has 1 atom stereocenters. The van der Waals surface area contributed by atoms with E-state index in [1.165, 1.54) is 12.1 Å². The Balaban J connectivity index is 1.99. The van der Waals surface area contributed by atoms with Gasteiger partial charge in [-0.05, 0) is 43.9 Å². The molecule has 0 bridgehead atoms. The largest absolute Gasteiger partial charge is 0.573 e. The molecule has 1 N–H and O–H groups in total. The number of rotatable bonds is 6. The fourth-order valence-corrected chi connectivity index (χ4v) is 2.37. The van der Waals surface area contributed by atoms with Crippen LogP contribution in [0.25, 0.3) is 0 Å². The Kier molecular flexibility index (Phi) is 6.03. The number of hydrogen-bond donors (Lipinski definition) is 1. The molecule has 2 aromatic carbocycles. The molecular formula is C18H19F3N2O2. The molecule has 0 aliphatic carbocycles. The van der Waals surface area contributed by atoms with Crippen molar-refractivity contribution in [3.05, 3.63) is 65.7 Å². The number of amides is 1. The monoisotopic (exact) mass is 352 g/mol. The minimum atomic E-state index is -4.75. The van der Waals surface area contributed by atoms with Crippen molar-refractivity contribution in [1.82, 2.24) is 10.2 Å². The van der Waals surface area contributed by atoms with Crippen LogP contribution in [0.5, 0.6) is 5.75 Å². The van der Waals surface area contributed by atoms with Crippen LogP contribution < -0.4 is 10.1 Å². The molecule has 0 spiro atoms. The fraction of sp³-hybridized carbons (Fsp3) is 0.278. The SMILES string of the molecule is CN(C)C(CNC(=O)c1ccc(OC(F)(F)F)cc1)c1ccccc1. The number of nitrogens with one attached hydrogen (secondary N) is 1. The summed E-state index contributed by atoms with van der Waals surface area (Å²) in [4.78, 5) is 14.2. The first-order valence-corrected chi connectivity index (χ1v) is 7.61. The van der Waals surface area contributed by atoms with E-state index in [4.69, 9.17) is 0 Å². The van der Waals surface area contributed by atoms with Crippen LogP contribution in [0.3, 0.4) is 0 Å². The zero-order chi connectivity index (χ0) is 18.4. The number of likely N-dealkylation sites (N-methyl/N-ethyl adjacent to an activating group) is 1. The van der Waals surface area contributed by atoms with Gasteiger partial charge in [0.25, 0.3) is 5.91 Å². The molecule has 0 aliphatic heterocycles. The number of halogens is 3. The molecule has 25 heavy (non-hydrogen) atoms. The molecule has 0 radical (unpaired) electrons. The fourth-order valence-electron chi connectivity index (χ4n) is 2.37. The van der Waals surface area contributed by atoms with Gasteiger partial charge >= 0.3 is 6.36 Å². The topological polar surface area (TPSA) is 41.6 Å². The summed E-state index contributed by atoms with van der Waals surface area (Å²) in [6, 6.07) is 14.5. The summed E-state index contributed by atoms with van der Waals surface area (Å²) in [5.41, 5.74) is 1.32. The third kappa shape index (κ3) is 5.79. The van der Waals surface area contributed by atoms with Gasteiger partial charge in [0.15, 0.2) is 0 Å². The Morgan fingerprint density at radius 1 is 1.08 bits per heavy atom. The number of benzene rings is 2. The molecule has 0 heterocycles. The van der Waals surface area contributed by atoms with Gasteiger partial charge in [0.1, 0.15) is 5.75 Å². The second-order valence-electron chi connectivity index (χ2n) is 5.67. The lowest BCUT2D eigenvalue weighted by molar-refractivity contribution is -0.274. The Bertz CT molecular complexity index is 686. The van der Waals surface area contributed by atoms with E-state index in [0.29, 0.717) is 6.54 Å². The highest BCUT2D eigenvalue weighted by Crippen LogP contribution is 2.23. The molecule has 2 aromatic rings. The molecule has 134 valence electrons. The van der Waals surface area contributed by atoms with Crippen LogP contribution in [0, 0.1) is 0 Å². The molecule has 0 saturated carbocycles. The molecule has 0 aliphatic rings. The van der Waals surface area contributed by atoms with E-state index < -0.39 is 6.36 Å². The van der Waals surface area contributed by atoms with Gasteiger partial charge in [0, 0.05) is 12.1 Å². The van der Waals surface area contributed by atoms with Gasteiger partial charge in [-0.25, -0.2) is 0 Å². The minimum absolute atomic E-state index is 0.0158. The summed E-state index contributed by atoms with van der Waals surface area (Å²) in [5, 5.41) is 2.80. The predicted molar refractivity (Wildman–Crippen MR) is 88.3 cm³/mol. The summed E-state index contributed by atoms with van der Waals surface area (Å²) in [5.74, 6) is -0.721. The zero-order valence-electron chi connectivity index (χ0n) is 13.9. The van der Waals surface area contributed by atoms with Gasteiger partial charge in [-0.1, -0.05) is 30.3 Å². The van der Waals surface area contributed by atoms with E-state index in [2.05, 4.69) is 10.1 Å². The lowest BCUT2D eigenvalue weighted by Crippen LogP contribution is -2.34. The average Bonchev–Trinajstić information content (AvgIpc) is 2.54. The zero-order valence-corrected chi connectivity index (χ0v) is 13.9. The van der Waals surface area contributed by atoms with Gasteiger partial charge < -0.3 is 15.0 Å². The van der Waals surface area contributed by atoms with Crippen LogP contribution in [0.1, 0.15) is 22.0 Å². The standard InChI is InChI=1S/C18H19F3N2O2/c1-23(2)16(13-6-4-3-5-7-13)12-22-17(24)14-8-10-15(11-9-14)25-18(19,20)21/h3-11,16H,12H2,1-2H3,(H,22,24). The summed E-state index contributed by atoms with van der Waals surface area (Å²) >= 11 is 0. The summed E-state index contributed by atoms with van der Waals surface area (Å²) in [6.45, 7) is 0.372. The minimum Gasteiger partial charge on any atom is -0.406 e. The third-order valence-electron chi connectivity index (χ3n) is 3.61. The highest BCUT2D eigenvalue weighted by molar-refractivity contribution is 5.94. The van der Waals surface area contributed by atoms with E-state index in [-0.39, 0.29) is 23.3 Å². The first-order chi connectivity index (χ1) is 11.8. The van der Waals surface area contributed by atoms with Crippen LogP contribution >= 0.6 is 0 Å². The molecule has 4 nitrogen and oxygen atoms in total. The van der Waals surface area contributed by atoms with Crippen molar-refractivity contribution in [1.29, 1.82) is 0 Å². The summed E-state index contributed by atoms with van der Waals surface area (Å²) in [7, 11) is 3.82. The van der Waals surface area contributed by atoms with Crippen molar-refractivity contribution >= 4 is 5.91 Å². The smallest absolute Gasteiger partial charge is 0.406 e. The molecule has 0 fully saturated rings. The van der Waals surface area contributed by atoms with E-state index >= 15 is 0 Å². The second kappa shape index (κ2) is 8.02.